The van der Waals surface area contributed by atoms with Gasteiger partial charge in [0.25, 0.3) is 0 Å². The number of thiophene rings is 1. The van der Waals surface area contributed by atoms with Crippen molar-refractivity contribution in [3.8, 4) is 22.1 Å². The van der Waals surface area contributed by atoms with Gasteiger partial charge in [-0.2, -0.15) is 0 Å². The lowest BCUT2D eigenvalue weighted by atomic mass is 10.1. The van der Waals surface area contributed by atoms with Crippen LogP contribution < -0.4 is 9.47 Å². The molecule has 0 amide bonds. The molecule has 0 aliphatic heterocycles. The SMILES string of the molecule is COc1ccc(Cc2nc(-c3ccc(C)s3)cs2)cc1OC. The number of ether oxygens (including phenoxy) is 2. The van der Waals surface area contributed by atoms with Crippen molar-refractivity contribution >= 4 is 22.7 Å². The second-order valence-electron chi connectivity index (χ2n) is 4.90. The number of aromatic nitrogens is 1. The van der Waals surface area contributed by atoms with E-state index in [-0.39, 0.29) is 0 Å². The molecule has 0 spiro atoms. The van der Waals surface area contributed by atoms with E-state index in [0.29, 0.717) is 0 Å². The summed E-state index contributed by atoms with van der Waals surface area (Å²) in [6.45, 7) is 2.12. The van der Waals surface area contributed by atoms with Crippen LogP contribution in [0, 0.1) is 6.92 Å². The van der Waals surface area contributed by atoms with Crippen LogP contribution in [-0.2, 0) is 6.42 Å². The topological polar surface area (TPSA) is 31.4 Å². The number of thiazole rings is 1. The number of methoxy groups -OCH3 is 2. The van der Waals surface area contributed by atoms with Crippen LogP contribution in [0.3, 0.4) is 0 Å². The largest absolute Gasteiger partial charge is 0.493 e. The van der Waals surface area contributed by atoms with Gasteiger partial charge in [-0.1, -0.05) is 6.07 Å². The Morgan fingerprint density at radius 3 is 2.55 bits per heavy atom. The highest BCUT2D eigenvalue weighted by Gasteiger charge is 2.09. The zero-order chi connectivity index (χ0) is 15.5. The van der Waals surface area contributed by atoms with Gasteiger partial charge in [-0.15, -0.1) is 22.7 Å². The molecule has 3 aromatic rings. The van der Waals surface area contributed by atoms with Gasteiger partial charge in [0.1, 0.15) is 0 Å². The van der Waals surface area contributed by atoms with E-state index < -0.39 is 0 Å². The fourth-order valence-electron chi connectivity index (χ4n) is 2.24. The third-order valence-corrected chi connectivity index (χ3v) is 5.22. The molecule has 0 saturated carbocycles. The zero-order valence-corrected chi connectivity index (χ0v) is 14.4. The van der Waals surface area contributed by atoms with E-state index >= 15 is 0 Å². The Kier molecular flexibility index (Phi) is 4.45. The maximum Gasteiger partial charge on any atom is 0.160 e. The van der Waals surface area contributed by atoms with E-state index in [1.165, 1.54) is 15.3 Å². The minimum atomic E-state index is 0.750. The predicted molar refractivity (Wildman–Crippen MR) is 92.5 cm³/mol. The normalized spacial score (nSPS) is 10.7. The molecule has 0 radical (unpaired) electrons. The summed E-state index contributed by atoms with van der Waals surface area (Å²) in [7, 11) is 3.30. The van der Waals surface area contributed by atoms with Gasteiger partial charge in [-0.05, 0) is 36.8 Å². The van der Waals surface area contributed by atoms with Crippen LogP contribution in [0.2, 0.25) is 0 Å². The van der Waals surface area contributed by atoms with Gasteiger partial charge in [0.15, 0.2) is 11.5 Å². The Balaban J connectivity index is 1.80. The van der Waals surface area contributed by atoms with Crippen LogP contribution in [-0.4, -0.2) is 19.2 Å². The molecule has 5 heteroatoms. The van der Waals surface area contributed by atoms with Gasteiger partial charge in [0.05, 0.1) is 29.8 Å². The lowest BCUT2D eigenvalue weighted by molar-refractivity contribution is 0.354. The molecule has 0 atom stereocenters. The average molecular weight is 331 g/mol. The van der Waals surface area contributed by atoms with Gasteiger partial charge in [0, 0.05) is 16.7 Å². The molecule has 3 rings (SSSR count). The van der Waals surface area contributed by atoms with Gasteiger partial charge < -0.3 is 9.47 Å². The average Bonchev–Trinajstić information content (AvgIpc) is 3.16. The van der Waals surface area contributed by atoms with Crippen LogP contribution >= 0.6 is 22.7 Å². The Hall–Kier alpha value is -1.85. The second-order valence-corrected chi connectivity index (χ2v) is 7.13. The van der Waals surface area contributed by atoms with Crippen molar-refractivity contribution in [3.05, 3.63) is 51.2 Å². The summed E-state index contributed by atoms with van der Waals surface area (Å²) in [5.74, 6) is 1.51. The van der Waals surface area contributed by atoms with Crippen molar-refractivity contribution in [2.45, 2.75) is 13.3 Å². The number of aryl methyl sites for hydroxylation is 1. The molecular formula is C17H17NO2S2. The summed E-state index contributed by atoms with van der Waals surface area (Å²) in [6, 6.07) is 10.3. The zero-order valence-electron chi connectivity index (χ0n) is 12.8. The van der Waals surface area contributed by atoms with Crippen molar-refractivity contribution in [1.82, 2.24) is 4.98 Å². The molecule has 0 aliphatic rings. The summed E-state index contributed by atoms with van der Waals surface area (Å²) in [6.07, 6.45) is 0.801. The minimum absolute atomic E-state index is 0.750. The number of benzene rings is 1. The number of nitrogens with zero attached hydrogens (tertiary/aromatic N) is 1. The van der Waals surface area contributed by atoms with E-state index in [1.807, 2.05) is 12.1 Å². The maximum atomic E-state index is 5.35. The molecule has 3 nitrogen and oxygen atoms in total. The highest BCUT2D eigenvalue weighted by molar-refractivity contribution is 7.16. The smallest absolute Gasteiger partial charge is 0.160 e. The first kappa shape index (κ1) is 15.1. The molecule has 0 fully saturated rings. The first-order valence-electron chi connectivity index (χ1n) is 6.91. The van der Waals surface area contributed by atoms with E-state index in [2.05, 4.69) is 30.5 Å². The molecule has 1 aromatic carbocycles. The van der Waals surface area contributed by atoms with Crippen molar-refractivity contribution in [3.63, 3.8) is 0 Å². The molecule has 22 heavy (non-hydrogen) atoms. The van der Waals surface area contributed by atoms with Crippen LogP contribution in [0.5, 0.6) is 11.5 Å². The fourth-order valence-corrected chi connectivity index (χ4v) is 3.97. The summed E-state index contributed by atoms with van der Waals surface area (Å²) < 4.78 is 10.6. The van der Waals surface area contributed by atoms with Gasteiger partial charge in [0.2, 0.25) is 0 Å². The Bertz CT molecular complexity index is 777. The summed E-state index contributed by atoms with van der Waals surface area (Å²) >= 11 is 3.47. The Morgan fingerprint density at radius 1 is 1.05 bits per heavy atom. The molecular weight excluding hydrogens is 314 g/mol. The molecule has 2 heterocycles. The van der Waals surface area contributed by atoms with E-state index in [1.54, 1.807) is 36.9 Å². The van der Waals surface area contributed by atoms with Crippen molar-refractivity contribution in [2.24, 2.45) is 0 Å². The minimum Gasteiger partial charge on any atom is -0.493 e. The number of hydrogen-bond donors (Lipinski definition) is 0. The highest BCUT2D eigenvalue weighted by atomic mass is 32.1. The van der Waals surface area contributed by atoms with Crippen LogP contribution in [0.1, 0.15) is 15.4 Å². The second kappa shape index (κ2) is 6.50. The molecule has 0 N–H and O–H groups in total. The maximum absolute atomic E-state index is 5.35. The summed E-state index contributed by atoms with van der Waals surface area (Å²) in [5, 5.41) is 3.23. The lowest BCUT2D eigenvalue weighted by Crippen LogP contribution is -1.93. The number of rotatable bonds is 5. The predicted octanol–water partition coefficient (Wildman–Crippen LogP) is 4.79. The van der Waals surface area contributed by atoms with Gasteiger partial charge >= 0.3 is 0 Å². The molecule has 0 aliphatic carbocycles. The Labute approximate surface area is 138 Å². The molecule has 0 saturated heterocycles. The first-order valence-corrected chi connectivity index (χ1v) is 8.61. The summed E-state index contributed by atoms with van der Waals surface area (Å²) in [4.78, 5) is 7.28. The van der Waals surface area contributed by atoms with Gasteiger partial charge in [-0.25, -0.2) is 4.98 Å². The van der Waals surface area contributed by atoms with Crippen LogP contribution in [0.15, 0.2) is 35.7 Å². The van der Waals surface area contributed by atoms with Gasteiger partial charge in [-0.3, -0.25) is 0 Å². The monoisotopic (exact) mass is 331 g/mol. The number of hydrogen-bond acceptors (Lipinski definition) is 5. The third-order valence-electron chi connectivity index (χ3n) is 3.35. The quantitative estimate of drug-likeness (QED) is 0.674. The Morgan fingerprint density at radius 2 is 1.86 bits per heavy atom. The van der Waals surface area contributed by atoms with Crippen molar-refractivity contribution in [1.29, 1.82) is 0 Å². The van der Waals surface area contributed by atoms with E-state index in [0.717, 1.165) is 28.6 Å². The van der Waals surface area contributed by atoms with Crippen LogP contribution in [0.4, 0.5) is 0 Å². The first-order chi connectivity index (χ1) is 10.7. The fraction of sp³-hybridized carbons (Fsp3) is 0.235. The van der Waals surface area contributed by atoms with E-state index in [4.69, 9.17) is 14.5 Å². The lowest BCUT2D eigenvalue weighted by Gasteiger charge is -2.08. The third kappa shape index (κ3) is 3.15. The standard InChI is InChI=1S/C17H17NO2S2/c1-11-4-7-16(22-11)13-10-21-17(18-13)9-12-5-6-14(19-2)15(8-12)20-3/h4-8,10H,9H2,1-3H3. The molecule has 0 unspecified atom stereocenters. The van der Waals surface area contributed by atoms with Crippen molar-refractivity contribution in [2.75, 3.05) is 14.2 Å². The van der Waals surface area contributed by atoms with Crippen molar-refractivity contribution < 1.29 is 9.47 Å². The van der Waals surface area contributed by atoms with E-state index in [9.17, 15) is 0 Å². The highest BCUT2D eigenvalue weighted by Crippen LogP contribution is 2.31. The van der Waals surface area contributed by atoms with Crippen LogP contribution in [0.25, 0.3) is 10.6 Å². The molecule has 0 bridgehead atoms. The summed E-state index contributed by atoms with van der Waals surface area (Å²) in [5.41, 5.74) is 2.24. The molecule has 114 valence electrons. The molecule has 2 aromatic heterocycles.